The Labute approximate surface area is 165 Å². The van der Waals surface area contributed by atoms with Crippen LogP contribution in [0.15, 0.2) is 67.2 Å². The van der Waals surface area contributed by atoms with Crippen LogP contribution in [-0.4, -0.2) is 32.0 Å². The van der Waals surface area contributed by atoms with Gasteiger partial charge in [0.1, 0.15) is 5.65 Å². The highest BCUT2D eigenvalue weighted by Gasteiger charge is 2.19. The summed E-state index contributed by atoms with van der Waals surface area (Å²) in [7, 11) is 1.63. The van der Waals surface area contributed by atoms with E-state index in [4.69, 9.17) is 14.7 Å². The molecular weight excluding hydrogens is 362 g/mol. The Kier molecular flexibility index (Phi) is 3.28. The number of methoxy groups -OCH3 is 1. The molecule has 0 spiro atoms. The number of benzene rings is 1. The summed E-state index contributed by atoms with van der Waals surface area (Å²) in [6, 6.07) is 10.1. The van der Waals surface area contributed by atoms with Crippen LogP contribution in [-0.2, 0) is 0 Å². The molecule has 0 radical (unpaired) electrons. The molecule has 0 atom stereocenters. The van der Waals surface area contributed by atoms with Crippen LogP contribution in [0.3, 0.4) is 0 Å². The van der Waals surface area contributed by atoms with E-state index in [1.165, 1.54) is 0 Å². The van der Waals surface area contributed by atoms with Crippen molar-refractivity contribution in [2.45, 2.75) is 0 Å². The third-order valence-corrected chi connectivity index (χ3v) is 5.27. The minimum absolute atomic E-state index is 0.536. The molecule has 6 nitrogen and oxygen atoms in total. The molecule has 138 valence electrons. The Morgan fingerprint density at radius 2 is 1.86 bits per heavy atom. The molecule has 4 aromatic heterocycles. The molecule has 0 amide bonds. The molecule has 6 heteroatoms. The number of rotatable bonds is 3. The number of aromatic nitrogens is 5. The van der Waals surface area contributed by atoms with Crippen LogP contribution in [0.4, 0.5) is 0 Å². The molecule has 0 saturated carbocycles. The smallest absolute Gasteiger partial charge is 0.225 e. The molecule has 4 heterocycles. The number of fused-ring (bicyclic) bond motifs is 4. The average Bonchev–Trinajstić information content (AvgIpc) is 3.10. The van der Waals surface area contributed by atoms with Gasteiger partial charge >= 0.3 is 0 Å². The minimum atomic E-state index is 0.536. The Morgan fingerprint density at radius 3 is 2.69 bits per heavy atom. The lowest BCUT2D eigenvalue weighted by atomic mass is 9.98. The van der Waals surface area contributed by atoms with Gasteiger partial charge in [0.05, 0.1) is 24.2 Å². The van der Waals surface area contributed by atoms with Gasteiger partial charge in [0.2, 0.25) is 5.88 Å². The van der Waals surface area contributed by atoms with E-state index in [0.29, 0.717) is 11.7 Å². The fourth-order valence-corrected chi connectivity index (χ4v) is 3.86. The molecule has 5 aromatic rings. The highest BCUT2D eigenvalue weighted by atomic mass is 16.5. The average molecular weight is 377 g/mol. The lowest BCUT2D eigenvalue weighted by Gasteiger charge is -2.14. The monoisotopic (exact) mass is 377 g/mol. The number of allylic oxidation sites excluding steroid dienone is 4. The standard InChI is InChI=1S/C23H15N5O/c1-29-23-20-16(13-5-4-6-13)11-24-12-18(20)27-21(28-23)15-9-10-25-22-19(15)14-7-2-3-8-17(14)26-22/h2-12H,1H3,(H,25,26). The van der Waals surface area contributed by atoms with Crippen molar-refractivity contribution >= 4 is 38.4 Å². The van der Waals surface area contributed by atoms with Gasteiger partial charge in [-0.1, -0.05) is 36.4 Å². The third kappa shape index (κ3) is 2.29. The first kappa shape index (κ1) is 15.9. The lowest BCUT2D eigenvalue weighted by molar-refractivity contribution is 0.403. The highest BCUT2D eigenvalue weighted by Crippen LogP contribution is 2.37. The summed E-state index contributed by atoms with van der Waals surface area (Å²) in [5.41, 5.74) is 5.56. The van der Waals surface area contributed by atoms with E-state index in [9.17, 15) is 0 Å². The summed E-state index contributed by atoms with van der Waals surface area (Å²) in [5.74, 6) is 1.12. The molecule has 29 heavy (non-hydrogen) atoms. The largest absolute Gasteiger partial charge is 0.480 e. The SMILES string of the molecule is COc1nc(-c2ccnc3[nH]c4ccccc4c23)nc2cncc(C3=CC=C3)c12. The number of nitrogens with zero attached hydrogens (tertiary/aromatic N) is 4. The van der Waals surface area contributed by atoms with Gasteiger partial charge in [-0.2, -0.15) is 4.98 Å². The first-order valence-electron chi connectivity index (χ1n) is 9.28. The van der Waals surface area contributed by atoms with Gasteiger partial charge in [0.25, 0.3) is 0 Å². The van der Waals surface area contributed by atoms with Crippen LogP contribution in [0.1, 0.15) is 5.56 Å². The van der Waals surface area contributed by atoms with Crippen LogP contribution in [0, 0.1) is 0 Å². The summed E-state index contributed by atoms with van der Waals surface area (Å²) in [4.78, 5) is 21.9. The Bertz CT molecular complexity index is 1500. The fourth-order valence-electron chi connectivity index (χ4n) is 3.86. The van der Waals surface area contributed by atoms with E-state index in [1.807, 2.05) is 48.7 Å². The molecular formula is C23H15N5O. The van der Waals surface area contributed by atoms with E-state index in [0.717, 1.165) is 49.5 Å². The first-order valence-corrected chi connectivity index (χ1v) is 9.28. The van der Waals surface area contributed by atoms with Gasteiger partial charge in [-0.3, -0.25) is 4.98 Å². The molecule has 1 aromatic carbocycles. The van der Waals surface area contributed by atoms with Gasteiger partial charge < -0.3 is 9.72 Å². The van der Waals surface area contributed by atoms with Gasteiger partial charge in [0, 0.05) is 39.8 Å². The third-order valence-electron chi connectivity index (χ3n) is 5.27. The lowest BCUT2D eigenvalue weighted by Crippen LogP contribution is -2.00. The van der Waals surface area contributed by atoms with E-state index < -0.39 is 0 Å². The minimum Gasteiger partial charge on any atom is -0.480 e. The van der Waals surface area contributed by atoms with Crippen molar-refractivity contribution in [2.24, 2.45) is 0 Å². The number of para-hydroxylation sites is 1. The Hall–Kier alpha value is -4.06. The van der Waals surface area contributed by atoms with Gasteiger partial charge in [-0.05, 0) is 17.7 Å². The van der Waals surface area contributed by atoms with Crippen molar-refractivity contribution in [3.63, 3.8) is 0 Å². The van der Waals surface area contributed by atoms with E-state index in [2.05, 4.69) is 21.0 Å². The van der Waals surface area contributed by atoms with Crippen LogP contribution < -0.4 is 4.74 Å². The van der Waals surface area contributed by atoms with Gasteiger partial charge in [-0.25, -0.2) is 9.97 Å². The molecule has 0 unspecified atom stereocenters. The molecule has 1 N–H and O–H groups in total. The molecule has 1 aliphatic rings. The number of pyridine rings is 2. The summed E-state index contributed by atoms with van der Waals surface area (Å²) < 4.78 is 5.68. The topological polar surface area (TPSA) is 76.6 Å². The summed E-state index contributed by atoms with van der Waals surface area (Å²) in [6.45, 7) is 0. The highest BCUT2D eigenvalue weighted by molar-refractivity contribution is 6.12. The van der Waals surface area contributed by atoms with Crippen molar-refractivity contribution in [1.29, 1.82) is 0 Å². The van der Waals surface area contributed by atoms with Crippen molar-refractivity contribution in [3.8, 4) is 17.3 Å². The molecule has 0 bridgehead atoms. The second-order valence-electron chi connectivity index (χ2n) is 6.87. The van der Waals surface area contributed by atoms with Crippen molar-refractivity contribution < 1.29 is 4.74 Å². The Morgan fingerprint density at radius 1 is 0.966 bits per heavy atom. The molecule has 0 fully saturated rings. The zero-order valence-corrected chi connectivity index (χ0v) is 15.5. The Balaban J connectivity index is 1.67. The van der Waals surface area contributed by atoms with Crippen molar-refractivity contribution in [3.05, 3.63) is 72.7 Å². The number of ether oxygens (including phenoxy) is 1. The summed E-state index contributed by atoms with van der Waals surface area (Å²) in [6.07, 6.45) is 11.4. The van der Waals surface area contributed by atoms with E-state index in [1.54, 1.807) is 19.5 Å². The predicted octanol–water partition coefficient (Wildman–Crippen LogP) is 4.68. The van der Waals surface area contributed by atoms with Crippen molar-refractivity contribution in [1.82, 2.24) is 24.9 Å². The second kappa shape index (κ2) is 5.97. The molecule has 6 rings (SSSR count). The van der Waals surface area contributed by atoms with E-state index in [-0.39, 0.29) is 0 Å². The number of aromatic amines is 1. The first-order chi connectivity index (χ1) is 14.3. The molecule has 0 saturated heterocycles. The summed E-state index contributed by atoms with van der Waals surface area (Å²) in [5, 5.41) is 2.95. The molecule has 1 aliphatic carbocycles. The van der Waals surface area contributed by atoms with Crippen LogP contribution in [0.5, 0.6) is 5.88 Å². The fraction of sp³-hybridized carbons (Fsp3) is 0.0435. The van der Waals surface area contributed by atoms with Gasteiger partial charge in [-0.15, -0.1) is 0 Å². The molecule has 0 aliphatic heterocycles. The van der Waals surface area contributed by atoms with Crippen LogP contribution in [0.25, 0.3) is 49.8 Å². The zero-order valence-electron chi connectivity index (χ0n) is 15.5. The van der Waals surface area contributed by atoms with E-state index >= 15 is 0 Å². The quantitative estimate of drug-likeness (QED) is 0.494. The maximum absolute atomic E-state index is 5.68. The second-order valence-corrected chi connectivity index (χ2v) is 6.87. The van der Waals surface area contributed by atoms with Gasteiger partial charge in [0.15, 0.2) is 5.82 Å². The van der Waals surface area contributed by atoms with Crippen LogP contribution in [0.2, 0.25) is 0 Å². The van der Waals surface area contributed by atoms with Crippen LogP contribution >= 0.6 is 0 Å². The number of nitrogens with one attached hydrogen (secondary N) is 1. The summed E-state index contributed by atoms with van der Waals surface area (Å²) >= 11 is 0. The number of hydrogen-bond donors (Lipinski definition) is 1. The van der Waals surface area contributed by atoms with Crippen molar-refractivity contribution in [2.75, 3.05) is 7.11 Å². The normalized spacial score (nSPS) is 13.1. The number of hydrogen-bond acceptors (Lipinski definition) is 5. The predicted molar refractivity (Wildman–Crippen MR) is 114 cm³/mol. The zero-order chi connectivity index (χ0) is 19.4. The maximum Gasteiger partial charge on any atom is 0.225 e. The number of H-pyrrole nitrogens is 1. The maximum atomic E-state index is 5.68.